The number of H-pyrrole nitrogens is 1. The van der Waals surface area contributed by atoms with Gasteiger partial charge in [-0.25, -0.2) is 0 Å². The van der Waals surface area contributed by atoms with Gasteiger partial charge in [0.1, 0.15) is 11.9 Å². The molecule has 23 heavy (non-hydrogen) atoms. The second-order valence-corrected chi connectivity index (χ2v) is 6.37. The van der Waals surface area contributed by atoms with E-state index < -0.39 is 6.10 Å². The maximum Gasteiger partial charge on any atom is 0.125 e. The predicted molar refractivity (Wildman–Crippen MR) is 89.2 cm³/mol. The number of hydrogen-bond acceptors (Lipinski definition) is 4. The molecule has 0 spiro atoms. The van der Waals surface area contributed by atoms with Gasteiger partial charge in [0, 0.05) is 30.9 Å². The number of aromatic nitrogens is 2. The molecule has 2 aromatic rings. The molecule has 1 aliphatic carbocycles. The number of aromatic amines is 1. The van der Waals surface area contributed by atoms with Crippen LogP contribution in [0.1, 0.15) is 30.5 Å². The number of aliphatic hydroxyl groups is 1. The van der Waals surface area contributed by atoms with Gasteiger partial charge >= 0.3 is 0 Å². The summed E-state index contributed by atoms with van der Waals surface area (Å²) < 4.78 is 6.04. The quantitative estimate of drug-likeness (QED) is 0.765. The largest absolute Gasteiger partial charge is 0.488 e. The Morgan fingerprint density at radius 3 is 3.04 bits per heavy atom. The molecule has 0 aliphatic heterocycles. The summed E-state index contributed by atoms with van der Waals surface area (Å²) in [5.41, 5.74) is 2.23. The number of aryl methyl sites for hydroxylation is 1. The molecule has 3 atom stereocenters. The number of rotatable bonds is 6. The summed E-state index contributed by atoms with van der Waals surface area (Å²) in [4.78, 5) is 0. The third-order valence-electron chi connectivity index (χ3n) is 4.48. The van der Waals surface area contributed by atoms with Crippen molar-refractivity contribution < 1.29 is 9.84 Å². The topological polar surface area (TPSA) is 70.2 Å². The van der Waals surface area contributed by atoms with Crippen LogP contribution in [-0.2, 0) is 6.54 Å². The lowest BCUT2D eigenvalue weighted by molar-refractivity contribution is -0.0306. The zero-order chi connectivity index (χ0) is 16.1. The Balaban J connectivity index is 1.52. The molecular formula is C18H25N3O2. The lowest BCUT2D eigenvalue weighted by Crippen LogP contribution is -2.44. The fourth-order valence-corrected chi connectivity index (χ4v) is 3.22. The van der Waals surface area contributed by atoms with Crippen LogP contribution in [0.15, 0.2) is 36.5 Å². The third-order valence-corrected chi connectivity index (χ3v) is 4.48. The lowest BCUT2D eigenvalue weighted by Gasteiger charge is -2.35. The number of benzene rings is 1. The molecular weight excluding hydrogens is 290 g/mol. The van der Waals surface area contributed by atoms with E-state index in [9.17, 15) is 5.11 Å². The highest BCUT2D eigenvalue weighted by molar-refractivity contribution is 5.27. The van der Waals surface area contributed by atoms with E-state index in [0.717, 1.165) is 43.8 Å². The molecule has 0 radical (unpaired) electrons. The first kappa shape index (κ1) is 16.0. The smallest absolute Gasteiger partial charge is 0.125 e. The Morgan fingerprint density at radius 1 is 1.35 bits per heavy atom. The van der Waals surface area contributed by atoms with Crippen LogP contribution in [0.2, 0.25) is 0 Å². The van der Waals surface area contributed by atoms with E-state index in [1.165, 1.54) is 5.56 Å². The van der Waals surface area contributed by atoms with Crippen LogP contribution in [0.5, 0.6) is 5.75 Å². The van der Waals surface area contributed by atoms with E-state index in [-0.39, 0.29) is 12.0 Å². The van der Waals surface area contributed by atoms with Crippen molar-refractivity contribution >= 4 is 0 Å². The highest BCUT2D eigenvalue weighted by Crippen LogP contribution is 2.28. The van der Waals surface area contributed by atoms with Gasteiger partial charge in [-0.2, -0.15) is 5.10 Å². The van der Waals surface area contributed by atoms with Crippen LogP contribution in [-0.4, -0.2) is 34.1 Å². The van der Waals surface area contributed by atoms with Crippen LogP contribution in [0.4, 0.5) is 0 Å². The van der Waals surface area contributed by atoms with Crippen LogP contribution in [0.3, 0.4) is 0 Å². The molecule has 0 saturated heterocycles. The van der Waals surface area contributed by atoms with E-state index >= 15 is 0 Å². The number of aliphatic hydroxyl groups excluding tert-OH is 1. The van der Waals surface area contributed by atoms with Crippen LogP contribution in [0, 0.1) is 12.8 Å². The molecule has 0 amide bonds. The molecule has 0 unspecified atom stereocenters. The van der Waals surface area contributed by atoms with Gasteiger partial charge in [-0.15, -0.1) is 0 Å². The van der Waals surface area contributed by atoms with E-state index in [0.29, 0.717) is 0 Å². The fourth-order valence-electron chi connectivity index (χ4n) is 3.22. The Labute approximate surface area is 137 Å². The normalized spacial score (nSPS) is 24.5. The molecule has 1 aromatic heterocycles. The molecule has 124 valence electrons. The number of ether oxygens (including phenoxy) is 1. The van der Waals surface area contributed by atoms with Crippen LogP contribution >= 0.6 is 0 Å². The first-order valence-electron chi connectivity index (χ1n) is 8.33. The van der Waals surface area contributed by atoms with Crippen molar-refractivity contribution in [2.45, 2.75) is 44.9 Å². The number of hydrogen-bond donors (Lipinski definition) is 3. The summed E-state index contributed by atoms with van der Waals surface area (Å²) in [6, 6.07) is 9.97. The highest BCUT2D eigenvalue weighted by Gasteiger charge is 2.33. The summed E-state index contributed by atoms with van der Waals surface area (Å²) in [6.07, 6.45) is 4.22. The van der Waals surface area contributed by atoms with Gasteiger partial charge in [0.15, 0.2) is 0 Å². The molecule has 3 N–H and O–H groups in total. The summed E-state index contributed by atoms with van der Waals surface area (Å²) in [5, 5.41) is 20.9. The Morgan fingerprint density at radius 2 is 2.26 bits per heavy atom. The SMILES string of the molecule is Cc1cccc(O[C@@H]2CCC[C@H](CNCc3ccn[nH]3)[C@H]2O)c1. The number of nitrogens with one attached hydrogen (secondary N) is 2. The second-order valence-electron chi connectivity index (χ2n) is 6.37. The van der Waals surface area contributed by atoms with Crippen LogP contribution in [0.25, 0.3) is 0 Å². The van der Waals surface area contributed by atoms with Gasteiger partial charge < -0.3 is 15.2 Å². The predicted octanol–water partition coefficient (Wildman–Crippen LogP) is 2.42. The van der Waals surface area contributed by atoms with Crippen molar-refractivity contribution in [1.29, 1.82) is 0 Å². The molecule has 1 aromatic carbocycles. The molecule has 1 saturated carbocycles. The molecule has 1 heterocycles. The summed E-state index contributed by atoms with van der Waals surface area (Å²) in [7, 11) is 0. The summed E-state index contributed by atoms with van der Waals surface area (Å²) in [5.74, 6) is 1.07. The second kappa shape index (κ2) is 7.62. The highest BCUT2D eigenvalue weighted by atomic mass is 16.5. The molecule has 0 bridgehead atoms. The standard InChI is InChI=1S/C18H25N3O2/c1-13-4-2-6-16(10-13)23-17-7-3-5-14(18(17)22)11-19-12-15-8-9-20-21-15/h2,4,6,8-10,14,17-19,22H,3,5,7,11-12H2,1H3,(H,20,21)/t14-,17-,18-/m1/s1. The minimum Gasteiger partial charge on any atom is -0.488 e. The molecule has 5 nitrogen and oxygen atoms in total. The Bertz CT molecular complexity index is 600. The molecule has 1 aliphatic rings. The minimum atomic E-state index is -0.432. The van der Waals surface area contributed by atoms with Crippen molar-refractivity contribution in [2.24, 2.45) is 5.92 Å². The molecule has 1 fully saturated rings. The Hall–Kier alpha value is -1.85. The van der Waals surface area contributed by atoms with Crippen LogP contribution < -0.4 is 10.1 Å². The zero-order valence-electron chi connectivity index (χ0n) is 13.5. The first-order valence-corrected chi connectivity index (χ1v) is 8.33. The van der Waals surface area contributed by atoms with E-state index in [1.807, 2.05) is 37.3 Å². The van der Waals surface area contributed by atoms with Gasteiger partial charge in [-0.05, 0) is 49.9 Å². The average Bonchev–Trinajstić information content (AvgIpc) is 3.04. The zero-order valence-corrected chi connectivity index (χ0v) is 13.5. The summed E-state index contributed by atoms with van der Waals surface area (Å²) in [6.45, 7) is 3.58. The Kier molecular flexibility index (Phi) is 5.31. The van der Waals surface area contributed by atoms with Crippen molar-refractivity contribution in [1.82, 2.24) is 15.5 Å². The average molecular weight is 315 g/mol. The van der Waals surface area contributed by atoms with Crippen molar-refractivity contribution in [3.8, 4) is 5.75 Å². The van der Waals surface area contributed by atoms with Gasteiger partial charge in [0.05, 0.1) is 6.10 Å². The monoisotopic (exact) mass is 315 g/mol. The maximum atomic E-state index is 10.6. The fraction of sp³-hybridized carbons (Fsp3) is 0.500. The van der Waals surface area contributed by atoms with Crippen molar-refractivity contribution in [3.63, 3.8) is 0 Å². The third kappa shape index (κ3) is 4.33. The van der Waals surface area contributed by atoms with Gasteiger partial charge in [-0.1, -0.05) is 12.1 Å². The molecule has 3 rings (SSSR count). The minimum absolute atomic E-state index is 0.121. The van der Waals surface area contributed by atoms with Crippen molar-refractivity contribution in [3.05, 3.63) is 47.8 Å². The maximum absolute atomic E-state index is 10.6. The van der Waals surface area contributed by atoms with Gasteiger partial charge in [-0.3, -0.25) is 5.10 Å². The van der Waals surface area contributed by atoms with E-state index in [1.54, 1.807) is 6.20 Å². The van der Waals surface area contributed by atoms with Gasteiger partial charge in [0.2, 0.25) is 0 Å². The first-order chi connectivity index (χ1) is 11.2. The van der Waals surface area contributed by atoms with Gasteiger partial charge in [0.25, 0.3) is 0 Å². The lowest BCUT2D eigenvalue weighted by atomic mass is 9.84. The van der Waals surface area contributed by atoms with Crippen molar-refractivity contribution in [2.75, 3.05) is 6.54 Å². The van der Waals surface area contributed by atoms with E-state index in [2.05, 4.69) is 15.5 Å². The summed E-state index contributed by atoms with van der Waals surface area (Å²) >= 11 is 0. The number of nitrogens with zero attached hydrogens (tertiary/aromatic N) is 1. The van der Waals surface area contributed by atoms with E-state index in [4.69, 9.17) is 4.74 Å². The molecule has 5 heteroatoms.